The van der Waals surface area contributed by atoms with Crippen LogP contribution in [0.25, 0.3) is 0 Å². The summed E-state index contributed by atoms with van der Waals surface area (Å²) in [6.45, 7) is 7.66. The van der Waals surface area contributed by atoms with Gasteiger partial charge in [-0.2, -0.15) is 10.2 Å². The van der Waals surface area contributed by atoms with Crippen LogP contribution in [0.1, 0.15) is 30.7 Å². The molecule has 2 aromatic carbocycles. The zero-order valence-corrected chi connectivity index (χ0v) is 12.9. The van der Waals surface area contributed by atoms with Crippen LogP contribution < -0.4 is 0 Å². The van der Waals surface area contributed by atoms with E-state index < -0.39 is 0 Å². The molecule has 0 saturated carbocycles. The molecule has 2 heteroatoms. The summed E-state index contributed by atoms with van der Waals surface area (Å²) in [5.41, 5.74) is 3.05. The first-order valence-corrected chi connectivity index (χ1v) is 7.62. The SMILES string of the molecule is C=CCCC(CC=C)c1ccc(N=Nc2ccccc2)cc1. The fourth-order valence-corrected chi connectivity index (χ4v) is 2.36. The van der Waals surface area contributed by atoms with E-state index >= 15 is 0 Å². The van der Waals surface area contributed by atoms with Gasteiger partial charge in [-0.1, -0.05) is 42.5 Å². The van der Waals surface area contributed by atoms with Crippen molar-refractivity contribution in [2.24, 2.45) is 10.2 Å². The van der Waals surface area contributed by atoms with Gasteiger partial charge in [0.1, 0.15) is 0 Å². The summed E-state index contributed by atoms with van der Waals surface area (Å²) in [6.07, 6.45) is 7.06. The van der Waals surface area contributed by atoms with Gasteiger partial charge in [0.25, 0.3) is 0 Å². The van der Waals surface area contributed by atoms with Crippen molar-refractivity contribution in [1.82, 2.24) is 0 Å². The highest BCUT2D eigenvalue weighted by atomic mass is 15.1. The van der Waals surface area contributed by atoms with E-state index in [1.54, 1.807) is 0 Å². The van der Waals surface area contributed by atoms with Crippen molar-refractivity contribution in [3.05, 3.63) is 85.5 Å². The highest BCUT2D eigenvalue weighted by Gasteiger charge is 2.08. The first-order chi connectivity index (χ1) is 10.8. The van der Waals surface area contributed by atoms with Crippen molar-refractivity contribution in [3.8, 4) is 0 Å². The molecule has 0 saturated heterocycles. The maximum absolute atomic E-state index is 4.27. The molecule has 2 aromatic rings. The molecule has 2 rings (SSSR count). The largest absolute Gasteiger partial charge is 0.151 e. The van der Waals surface area contributed by atoms with E-state index in [9.17, 15) is 0 Å². The highest BCUT2D eigenvalue weighted by molar-refractivity contribution is 5.41. The van der Waals surface area contributed by atoms with Crippen LogP contribution >= 0.6 is 0 Å². The third kappa shape index (κ3) is 4.81. The molecule has 0 aromatic heterocycles. The molecule has 0 fully saturated rings. The van der Waals surface area contributed by atoms with Gasteiger partial charge in [0.05, 0.1) is 11.4 Å². The number of nitrogens with zero attached hydrogens (tertiary/aromatic N) is 2. The molecule has 1 unspecified atom stereocenters. The number of hydrogen-bond donors (Lipinski definition) is 0. The van der Waals surface area contributed by atoms with Crippen LogP contribution in [0, 0.1) is 0 Å². The third-order valence-electron chi connectivity index (χ3n) is 3.57. The van der Waals surface area contributed by atoms with Gasteiger partial charge in [-0.25, -0.2) is 0 Å². The average Bonchev–Trinajstić information content (AvgIpc) is 2.58. The van der Waals surface area contributed by atoms with Crippen LogP contribution in [-0.2, 0) is 0 Å². The molecule has 1 atom stereocenters. The first-order valence-electron chi connectivity index (χ1n) is 7.62. The minimum atomic E-state index is 0.496. The fraction of sp³-hybridized carbons (Fsp3) is 0.200. The molecule has 0 radical (unpaired) electrons. The lowest BCUT2D eigenvalue weighted by Crippen LogP contribution is -1.96. The lowest BCUT2D eigenvalue weighted by molar-refractivity contribution is 0.642. The quantitative estimate of drug-likeness (QED) is 0.380. The second-order valence-corrected chi connectivity index (χ2v) is 5.21. The van der Waals surface area contributed by atoms with Crippen LogP contribution in [0.3, 0.4) is 0 Å². The Morgan fingerprint density at radius 2 is 1.45 bits per heavy atom. The van der Waals surface area contributed by atoms with Crippen LogP contribution in [0.2, 0.25) is 0 Å². The fourth-order valence-electron chi connectivity index (χ4n) is 2.36. The third-order valence-corrected chi connectivity index (χ3v) is 3.57. The van der Waals surface area contributed by atoms with Gasteiger partial charge in [0.2, 0.25) is 0 Å². The Bertz CT molecular complexity index is 612. The van der Waals surface area contributed by atoms with Crippen LogP contribution in [0.5, 0.6) is 0 Å². The Labute approximate surface area is 132 Å². The first kappa shape index (κ1) is 15.9. The number of allylic oxidation sites excluding steroid dienone is 2. The second-order valence-electron chi connectivity index (χ2n) is 5.21. The van der Waals surface area contributed by atoms with E-state index in [0.29, 0.717) is 5.92 Å². The van der Waals surface area contributed by atoms with E-state index in [2.05, 4.69) is 35.5 Å². The molecular formula is C20H22N2. The maximum atomic E-state index is 4.27. The lowest BCUT2D eigenvalue weighted by atomic mass is 9.91. The Morgan fingerprint density at radius 3 is 2.05 bits per heavy atom. The molecule has 2 nitrogen and oxygen atoms in total. The van der Waals surface area contributed by atoms with Gasteiger partial charge < -0.3 is 0 Å². The van der Waals surface area contributed by atoms with Gasteiger partial charge in [-0.15, -0.1) is 13.2 Å². The van der Waals surface area contributed by atoms with Crippen molar-refractivity contribution in [2.75, 3.05) is 0 Å². The Hall–Kier alpha value is -2.48. The predicted octanol–water partition coefficient (Wildman–Crippen LogP) is 6.73. The van der Waals surface area contributed by atoms with Gasteiger partial charge >= 0.3 is 0 Å². The van der Waals surface area contributed by atoms with E-state index in [4.69, 9.17) is 0 Å². The molecule has 0 spiro atoms. The Balaban J connectivity index is 2.06. The lowest BCUT2D eigenvalue weighted by Gasteiger charge is -2.14. The summed E-state index contributed by atoms with van der Waals surface area (Å²) < 4.78 is 0. The van der Waals surface area contributed by atoms with E-state index in [1.165, 1.54) is 5.56 Å². The van der Waals surface area contributed by atoms with Crippen LogP contribution in [0.4, 0.5) is 11.4 Å². The monoisotopic (exact) mass is 290 g/mol. The van der Waals surface area contributed by atoms with Crippen LogP contribution in [0.15, 0.2) is 90.1 Å². The molecule has 0 aliphatic rings. The summed E-state index contributed by atoms with van der Waals surface area (Å²) in [4.78, 5) is 0. The predicted molar refractivity (Wildman–Crippen MR) is 94.0 cm³/mol. The summed E-state index contributed by atoms with van der Waals surface area (Å²) in [7, 11) is 0. The van der Waals surface area contributed by atoms with Crippen molar-refractivity contribution in [1.29, 1.82) is 0 Å². The summed E-state index contributed by atoms with van der Waals surface area (Å²) in [5.74, 6) is 0.496. The topological polar surface area (TPSA) is 24.7 Å². The number of azo groups is 1. The molecule has 0 bridgehead atoms. The van der Waals surface area contributed by atoms with Gasteiger partial charge in [-0.3, -0.25) is 0 Å². The van der Waals surface area contributed by atoms with E-state index in [-0.39, 0.29) is 0 Å². The summed E-state index contributed by atoms with van der Waals surface area (Å²) in [6, 6.07) is 18.1. The molecule has 0 heterocycles. The zero-order valence-electron chi connectivity index (χ0n) is 12.9. The van der Waals surface area contributed by atoms with Gasteiger partial charge in [0, 0.05) is 0 Å². The van der Waals surface area contributed by atoms with E-state index in [0.717, 1.165) is 30.6 Å². The number of benzene rings is 2. The second kappa shape index (κ2) is 8.73. The summed E-state index contributed by atoms with van der Waals surface area (Å²) in [5, 5.41) is 8.51. The van der Waals surface area contributed by atoms with Crippen molar-refractivity contribution < 1.29 is 0 Å². The average molecular weight is 290 g/mol. The molecule has 0 aliphatic heterocycles. The summed E-state index contributed by atoms with van der Waals surface area (Å²) >= 11 is 0. The minimum Gasteiger partial charge on any atom is -0.151 e. The van der Waals surface area contributed by atoms with E-state index in [1.807, 2.05) is 54.6 Å². The van der Waals surface area contributed by atoms with Crippen molar-refractivity contribution in [3.63, 3.8) is 0 Å². The van der Waals surface area contributed by atoms with Crippen molar-refractivity contribution >= 4 is 11.4 Å². The minimum absolute atomic E-state index is 0.496. The zero-order chi connectivity index (χ0) is 15.6. The molecule has 0 amide bonds. The molecule has 0 aliphatic carbocycles. The molecule has 0 N–H and O–H groups in total. The molecular weight excluding hydrogens is 268 g/mol. The Morgan fingerprint density at radius 1 is 0.818 bits per heavy atom. The van der Waals surface area contributed by atoms with Crippen molar-refractivity contribution in [2.45, 2.75) is 25.2 Å². The van der Waals surface area contributed by atoms with Gasteiger partial charge in [-0.05, 0) is 55.0 Å². The maximum Gasteiger partial charge on any atom is 0.0857 e. The standard InChI is InChI=1S/C20H22N2/c1-3-5-10-17(9-4-2)18-13-15-20(16-14-18)22-21-19-11-7-6-8-12-19/h3-4,6-8,11-17H,1-2,5,9-10H2. The molecule has 112 valence electrons. The normalized spacial score (nSPS) is 12.2. The Kier molecular flexibility index (Phi) is 6.31. The molecule has 22 heavy (non-hydrogen) atoms. The number of rotatable bonds is 8. The van der Waals surface area contributed by atoms with Crippen LogP contribution in [-0.4, -0.2) is 0 Å². The smallest absolute Gasteiger partial charge is 0.0857 e. The number of hydrogen-bond acceptors (Lipinski definition) is 2. The van der Waals surface area contributed by atoms with Gasteiger partial charge in [0.15, 0.2) is 0 Å². The highest BCUT2D eigenvalue weighted by Crippen LogP contribution is 2.27.